The predicted octanol–water partition coefficient (Wildman–Crippen LogP) is 1.96. The smallest absolute Gasteiger partial charge is 0.181 e. The van der Waals surface area contributed by atoms with Crippen LogP contribution in [0.15, 0.2) is 12.1 Å². The molecular formula is C12H15N3S. The van der Waals surface area contributed by atoms with Gasteiger partial charge >= 0.3 is 0 Å². The molecule has 1 aliphatic rings. The number of hydrogen-bond donors (Lipinski definition) is 2. The van der Waals surface area contributed by atoms with Crippen LogP contribution in [0.4, 0.5) is 5.13 Å². The standard InChI is InChI=1S/C12H15N3S/c1-2-14-9-3-7-5-10-11(6-8(7)4-9)16-12(13)15-10/h5-6,9,14H,2-4H2,1H3,(H2,13,15)/t9-/m0/s1. The van der Waals surface area contributed by atoms with Crippen LogP contribution in [0, 0.1) is 0 Å². The zero-order chi connectivity index (χ0) is 11.1. The first-order chi connectivity index (χ1) is 7.76. The summed E-state index contributed by atoms with van der Waals surface area (Å²) in [6.07, 6.45) is 2.26. The maximum absolute atomic E-state index is 5.72. The van der Waals surface area contributed by atoms with Gasteiger partial charge < -0.3 is 11.1 Å². The van der Waals surface area contributed by atoms with E-state index in [1.54, 1.807) is 11.3 Å². The number of likely N-dealkylation sites (N-methyl/N-ethyl adjacent to an activating group) is 1. The molecule has 0 radical (unpaired) electrons. The van der Waals surface area contributed by atoms with Crippen LogP contribution in [-0.2, 0) is 12.8 Å². The topological polar surface area (TPSA) is 50.9 Å². The normalized spacial score (nSPS) is 19.2. The maximum Gasteiger partial charge on any atom is 0.181 e. The van der Waals surface area contributed by atoms with Gasteiger partial charge in [0.1, 0.15) is 0 Å². The summed E-state index contributed by atoms with van der Waals surface area (Å²) in [5.74, 6) is 0. The Bertz CT molecular complexity index is 489. The summed E-state index contributed by atoms with van der Waals surface area (Å²) in [5, 5.41) is 4.18. The second-order valence-electron chi connectivity index (χ2n) is 4.30. The van der Waals surface area contributed by atoms with E-state index in [-0.39, 0.29) is 0 Å². The molecule has 0 saturated carbocycles. The summed E-state index contributed by atoms with van der Waals surface area (Å²) in [7, 11) is 0. The lowest BCUT2D eigenvalue weighted by Crippen LogP contribution is -2.28. The third-order valence-electron chi connectivity index (χ3n) is 3.15. The summed E-state index contributed by atoms with van der Waals surface area (Å²) in [4.78, 5) is 4.34. The van der Waals surface area contributed by atoms with Crippen LogP contribution in [-0.4, -0.2) is 17.6 Å². The van der Waals surface area contributed by atoms with E-state index in [2.05, 4.69) is 29.4 Å². The van der Waals surface area contributed by atoms with Crippen molar-refractivity contribution in [3.8, 4) is 0 Å². The fourth-order valence-electron chi connectivity index (χ4n) is 2.49. The molecule has 1 atom stereocenters. The number of aromatic nitrogens is 1. The van der Waals surface area contributed by atoms with E-state index >= 15 is 0 Å². The number of nitrogen functional groups attached to an aromatic ring is 1. The fraction of sp³-hybridized carbons (Fsp3) is 0.417. The molecule has 0 spiro atoms. The Balaban J connectivity index is 2.00. The lowest BCUT2D eigenvalue weighted by molar-refractivity contribution is 0.552. The molecule has 4 heteroatoms. The van der Waals surface area contributed by atoms with Gasteiger partial charge in [0.2, 0.25) is 0 Å². The van der Waals surface area contributed by atoms with Gasteiger partial charge in [-0.05, 0) is 42.6 Å². The van der Waals surface area contributed by atoms with Crippen LogP contribution in [0.1, 0.15) is 18.1 Å². The molecule has 1 heterocycles. The van der Waals surface area contributed by atoms with Crippen LogP contribution in [0.2, 0.25) is 0 Å². The highest BCUT2D eigenvalue weighted by atomic mass is 32.1. The number of nitrogens with zero attached hydrogens (tertiary/aromatic N) is 1. The Morgan fingerprint density at radius 1 is 1.44 bits per heavy atom. The summed E-state index contributed by atoms with van der Waals surface area (Å²) in [6, 6.07) is 5.07. The monoisotopic (exact) mass is 233 g/mol. The first-order valence-electron chi connectivity index (χ1n) is 5.67. The first kappa shape index (κ1) is 10.1. The highest BCUT2D eigenvalue weighted by Gasteiger charge is 2.21. The maximum atomic E-state index is 5.72. The Morgan fingerprint density at radius 2 is 2.19 bits per heavy atom. The van der Waals surface area contributed by atoms with Gasteiger partial charge in [0.15, 0.2) is 5.13 Å². The minimum atomic E-state index is 0.605. The largest absolute Gasteiger partial charge is 0.375 e. The Hall–Kier alpha value is -1.13. The average molecular weight is 233 g/mol. The van der Waals surface area contributed by atoms with Crippen LogP contribution in [0.5, 0.6) is 0 Å². The van der Waals surface area contributed by atoms with Gasteiger partial charge in [-0.25, -0.2) is 4.98 Å². The quantitative estimate of drug-likeness (QED) is 0.833. The molecule has 3 nitrogen and oxygen atoms in total. The van der Waals surface area contributed by atoms with Gasteiger partial charge in [-0.2, -0.15) is 0 Å². The number of rotatable bonds is 2. The van der Waals surface area contributed by atoms with Crippen molar-refractivity contribution in [1.82, 2.24) is 10.3 Å². The molecule has 1 aromatic carbocycles. The zero-order valence-electron chi connectivity index (χ0n) is 9.29. The molecule has 1 aromatic heterocycles. The number of thiazole rings is 1. The van der Waals surface area contributed by atoms with Crippen LogP contribution < -0.4 is 11.1 Å². The molecule has 3 rings (SSSR count). The minimum Gasteiger partial charge on any atom is -0.375 e. The Labute approximate surface area is 98.7 Å². The highest BCUT2D eigenvalue weighted by molar-refractivity contribution is 7.22. The van der Waals surface area contributed by atoms with Crippen molar-refractivity contribution in [1.29, 1.82) is 0 Å². The van der Waals surface area contributed by atoms with Gasteiger partial charge in [0.25, 0.3) is 0 Å². The van der Waals surface area contributed by atoms with Crippen molar-refractivity contribution in [3.63, 3.8) is 0 Å². The molecule has 16 heavy (non-hydrogen) atoms. The second-order valence-corrected chi connectivity index (χ2v) is 5.37. The molecule has 0 fully saturated rings. The van der Waals surface area contributed by atoms with Crippen molar-refractivity contribution in [2.45, 2.75) is 25.8 Å². The van der Waals surface area contributed by atoms with E-state index in [1.165, 1.54) is 15.8 Å². The lowest BCUT2D eigenvalue weighted by atomic mass is 10.1. The molecule has 0 saturated heterocycles. The van der Waals surface area contributed by atoms with Gasteiger partial charge in [-0.1, -0.05) is 18.3 Å². The molecule has 3 N–H and O–H groups in total. The number of hydrogen-bond acceptors (Lipinski definition) is 4. The highest BCUT2D eigenvalue weighted by Crippen LogP contribution is 2.31. The van der Waals surface area contributed by atoms with Crippen molar-refractivity contribution in [2.24, 2.45) is 0 Å². The van der Waals surface area contributed by atoms with Gasteiger partial charge in [0, 0.05) is 6.04 Å². The van der Waals surface area contributed by atoms with E-state index in [9.17, 15) is 0 Å². The van der Waals surface area contributed by atoms with Crippen molar-refractivity contribution >= 4 is 26.7 Å². The molecule has 0 unspecified atom stereocenters. The third kappa shape index (κ3) is 1.58. The Morgan fingerprint density at radius 3 is 2.94 bits per heavy atom. The van der Waals surface area contributed by atoms with Crippen molar-refractivity contribution in [3.05, 3.63) is 23.3 Å². The van der Waals surface area contributed by atoms with Gasteiger partial charge in [-0.15, -0.1) is 0 Å². The molecule has 1 aliphatic carbocycles. The summed E-state index contributed by atoms with van der Waals surface area (Å²) in [6.45, 7) is 3.20. The van der Waals surface area contributed by atoms with Gasteiger partial charge in [-0.3, -0.25) is 0 Å². The second kappa shape index (κ2) is 3.71. The van der Waals surface area contributed by atoms with Crippen molar-refractivity contribution < 1.29 is 0 Å². The van der Waals surface area contributed by atoms with E-state index in [1.807, 2.05) is 0 Å². The molecule has 2 aromatic rings. The SMILES string of the molecule is CCN[C@H]1Cc2cc3nc(N)sc3cc2C1. The number of nitrogens with one attached hydrogen (secondary N) is 1. The summed E-state index contributed by atoms with van der Waals surface area (Å²) >= 11 is 1.58. The zero-order valence-corrected chi connectivity index (χ0v) is 10.1. The first-order valence-corrected chi connectivity index (χ1v) is 6.49. The minimum absolute atomic E-state index is 0.605. The number of benzene rings is 1. The number of nitrogens with two attached hydrogens (primary N) is 1. The van der Waals surface area contributed by atoms with Crippen LogP contribution >= 0.6 is 11.3 Å². The number of anilines is 1. The molecule has 84 valence electrons. The van der Waals surface area contributed by atoms with E-state index in [0.717, 1.165) is 24.9 Å². The summed E-state index contributed by atoms with van der Waals surface area (Å²) < 4.78 is 1.22. The molecule has 0 aliphatic heterocycles. The van der Waals surface area contributed by atoms with Crippen LogP contribution in [0.3, 0.4) is 0 Å². The lowest BCUT2D eigenvalue weighted by Gasteiger charge is -2.08. The van der Waals surface area contributed by atoms with E-state index in [4.69, 9.17) is 5.73 Å². The van der Waals surface area contributed by atoms with Crippen LogP contribution in [0.25, 0.3) is 10.2 Å². The van der Waals surface area contributed by atoms with E-state index < -0.39 is 0 Å². The van der Waals surface area contributed by atoms with Gasteiger partial charge in [0.05, 0.1) is 10.2 Å². The summed E-state index contributed by atoms with van der Waals surface area (Å²) in [5.41, 5.74) is 9.67. The predicted molar refractivity (Wildman–Crippen MR) is 68.9 cm³/mol. The molecule has 0 bridgehead atoms. The average Bonchev–Trinajstić information content (AvgIpc) is 2.75. The van der Waals surface area contributed by atoms with Crippen molar-refractivity contribution in [2.75, 3.05) is 12.3 Å². The third-order valence-corrected chi connectivity index (χ3v) is 4.00. The van der Waals surface area contributed by atoms with E-state index in [0.29, 0.717) is 11.2 Å². The molecular weight excluding hydrogens is 218 g/mol. The number of fused-ring (bicyclic) bond motifs is 2. The fourth-order valence-corrected chi connectivity index (χ4v) is 3.27. The molecule has 0 amide bonds. The Kier molecular flexibility index (Phi) is 2.33.